The van der Waals surface area contributed by atoms with Gasteiger partial charge in [0.2, 0.25) is 11.9 Å². The molecule has 0 aliphatic carbocycles. The fourth-order valence-electron chi connectivity index (χ4n) is 2.07. The highest BCUT2D eigenvalue weighted by atomic mass is 16.5. The maximum Gasteiger partial charge on any atom is 0.329 e. The number of aliphatic imine (C=N–C) groups is 1. The number of primary amides is 1. The van der Waals surface area contributed by atoms with E-state index < -0.39 is 36.4 Å². The Balaban J connectivity index is 2.69. The van der Waals surface area contributed by atoms with Crippen LogP contribution in [0.4, 0.5) is 10.5 Å². The van der Waals surface area contributed by atoms with Gasteiger partial charge >= 0.3 is 12.0 Å². The molecule has 0 heterocycles. The maximum absolute atomic E-state index is 12.2. The minimum Gasteiger partial charge on any atom is -0.464 e. The summed E-state index contributed by atoms with van der Waals surface area (Å²) in [6.45, 7) is 1.38. The van der Waals surface area contributed by atoms with Crippen LogP contribution in [0.15, 0.2) is 29.3 Å². The van der Waals surface area contributed by atoms with Crippen molar-refractivity contribution in [1.82, 2.24) is 16.0 Å². The van der Waals surface area contributed by atoms with E-state index >= 15 is 0 Å². The van der Waals surface area contributed by atoms with Crippen molar-refractivity contribution in [3.63, 3.8) is 0 Å². The van der Waals surface area contributed by atoms with Crippen molar-refractivity contribution in [3.05, 3.63) is 29.8 Å². The number of nitrogens with two attached hydrogens (primary N) is 2. The SMILES string of the molecule is C#CCC(NC(=O)CNC(=O)c1cccc(N=C(N)NC(N)=O)c1)C(=O)OCC. The zero-order valence-electron chi connectivity index (χ0n) is 15.7. The number of ether oxygens (including phenoxy) is 1. The molecule has 1 atom stereocenters. The van der Waals surface area contributed by atoms with E-state index in [1.807, 2.05) is 0 Å². The van der Waals surface area contributed by atoms with Gasteiger partial charge in [0, 0.05) is 12.0 Å². The number of amides is 4. The minimum absolute atomic E-state index is 0.0423. The standard InChI is InChI=1S/C18H22N6O5/c1-3-6-13(16(27)29-4-2)23-14(25)10-21-15(26)11-7-5-8-12(9-11)22-17(19)24-18(20)28/h1,5,7-9,13H,4,6,10H2,2H3,(H,21,26)(H,23,25)(H5,19,20,22,24,28). The van der Waals surface area contributed by atoms with Gasteiger partial charge in [0.05, 0.1) is 18.8 Å². The molecular weight excluding hydrogens is 380 g/mol. The van der Waals surface area contributed by atoms with E-state index in [0.29, 0.717) is 0 Å². The number of terminal acetylenes is 1. The average molecular weight is 402 g/mol. The van der Waals surface area contributed by atoms with Crippen molar-refractivity contribution in [2.75, 3.05) is 13.2 Å². The lowest BCUT2D eigenvalue weighted by atomic mass is 10.2. The van der Waals surface area contributed by atoms with Crippen LogP contribution in [0.2, 0.25) is 0 Å². The molecule has 0 fully saturated rings. The summed E-state index contributed by atoms with van der Waals surface area (Å²) >= 11 is 0. The van der Waals surface area contributed by atoms with Gasteiger partial charge in [-0.05, 0) is 25.1 Å². The molecule has 0 aliphatic heterocycles. The van der Waals surface area contributed by atoms with Gasteiger partial charge < -0.3 is 26.8 Å². The molecule has 11 heteroatoms. The normalized spacial score (nSPS) is 11.5. The van der Waals surface area contributed by atoms with E-state index in [1.165, 1.54) is 18.2 Å². The highest BCUT2D eigenvalue weighted by molar-refractivity contribution is 5.98. The van der Waals surface area contributed by atoms with Crippen LogP contribution in [0.25, 0.3) is 0 Å². The van der Waals surface area contributed by atoms with Gasteiger partial charge in [0.15, 0.2) is 0 Å². The third-order valence-corrected chi connectivity index (χ3v) is 3.25. The Hall–Kier alpha value is -4.07. The highest BCUT2D eigenvalue weighted by Crippen LogP contribution is 2.13. The largest absolute Gasteiger partial charge is 0.464 e. The molecule has 154 valence electrons. The molecular formula is C18H22N6O5. The first-order valence-electron chi connectivity index (χ1n) is 8.45. The molecule has 1 aromatic rings. The van der Waals surface area contributed by atoms with E-state index in [4.69, 9.17) is 22.6 Å². The Kier molecular flexibility index (Phi) is 9.19. The number of carbonyl (C=O) groups excluding carboxylic acids is 4. The molecule has 0 saturated carbocycles. The molecule has 4 amide bonds. The Morgan fingerprint density at radius 2 is 2.00 bits per heavy atom. The van der Waals surface area contributed by atoms with Crippen LogP contribution in [0.3, 0.4) is 0 Å². The van der Waals surface area contributed by atoms with Crippen molar-refractivity contribution < 1.29 is 23.9 Å². The first kappa shape index (κ1) is 23.0. The van der Waals surface area contributed by atoms with Crippen LogP contribution in [0.5, 0.6) is 0 Å². The van der Waals surface area contributed by atoms with Crippen molar-refractivity contribution in [1.29, 1.82) is 0 Å². The second-order valence-corrected chi connectivity index (χ2v) is 5.50. The number of nitrogens with one attached hydrogen (secondary N) is 3. The number of benzene rings is 1. The Labute approximate surface area is 167 Å². The van der Waals surface area contributed by atoms with Crippen LogP contribution < -0.4 is 27.4 Å². The van der Waals surface area contributed by atoms with E-state index in [0.717, 1.165) is 0 Å². The third-order valence-electron chi connectivity index (χ3n) is 3.25. The molecule has 11 nitrogen and oxygen atoms in total. The molecule has 1 aromatic carbocycles. The third kappa shape index (κ3) is 8.44. The molecule has 0 bridgehead atoms. The second-order valence-electron chi connectivity index (χ2n) is 5.50. The molecule has 1 rings (SSSR count). The van der Waals surface area contributed by atoms with Crippen molar-refractivity contribution >= 4 is 35.5 Å². The molecule has 0 aromatic heterocycles. The van der Waals surface area contributed by atoms with Crippen LogP contribution in [0, 0.1) is 12.3 Å². The molecule has 29 heavy (non-hydrogen) atoms. The van der Waals surface area contributed by atoms with Crippen LogP contribution in [0.1, 0.15) is 23.7 Å². The van der Waals surface area contributed by atoms with Crippen LogP contribution in [-0.4, -0.2) is 49.0 Å². The fourth-order valence-corrected chi connectivity index (χ4v) is 2.07. The number of hydrogen-bond donors (Lipinski definition) is 5. The van der Waals surface area contributed by atoms with E-state index in [2.05, 4.69) is 26.9 Å². The summed E-state index contributed by atoms with van der Waals surface area (Å²) in [4.78, 5) is 50.6. The molecule has 0 aliphatic rings. The summed E-state index contributed by atoms with van der Waals surface area (Å²) in [5.41, 5.74) is 10.9. The lowest BCUT2D eigenvalue weighted by Crippen LogP contribution is -2.46. The van der Waals surface area contributed by atoms with E-state index in [1.54, 1.807) is 13.0 Å². The molecule has 0 radical (unpaired) electrons. The molecule has 7 N–H and O–H groups in total. The predicted octanol–water partition coefficient (Wildman–Crippen LogP) is -0.898. The molecule has 1 unspecified atom stereocenters. The Morgan fingerprint density at radius 3 is 2.62 bits per heavy atom. The lowest BCUT2D eigenvalue weighted by molar-refractivity contribution is -0.147. The van der Waals surface area contributed by atoms with Gasteiger partial charge in [-0.1, -0.05) is 6.07 Å². The van der Waals surface area contributed by atoms with Gasteiger partial charge in [-0.15, -0.1) is 12.3 Å². The Morgan fingerprint density at radius 1 is 1.28 bits per heavy atom. The van der Waals surface area contributed by atoms with E-state index in [9.17, 15) is 19.2 Å². The number of esters is 1. The zero-order chi connectivity index (χ0) is 21.8. The van der Waals surface area contributed by atoms with Crippen LogP contribution >= 0.6 is 0 Å². The van der Waals surface area contributed by atoms with Crippen molar-refractivity contribution in [2.45, 2.75) is 19.4 Å². The number of nitrogens with zero attached hydrogens (tertiary/aromatic N) is 1. The quantitative estimate of drug-likeness (QED) is 0.163. The lowest BCUT2D eigenvalue weighted by Gasteiger charge is -2.15. The number of guanidine groups is 1. The summed E-state index contributed by atoms with van der Waals surface area (Å²) in [7, 11) is 0. The molecule has 0 spiro atoms. The maximum atomic E-state index is 12.2. The summed E-state index contributed by atoms with van der Waals surface area (Å²) in [6.07, 6.45) is 5.14. The average Bonchev–Trinajstić information content (AvgIpc) is 2.65. The van der Waals surface area contributed by atoms with Gasteiger partial charge in [-0.25, -0.2) is 14.6 Å². The van der Waals surface area contributed by atoms with Crippen molar-refractivity contribution in [3.8, 4) is 12.3 Å². The fraction of sp³-hybridized carbons (Fsp3) is 0.278. The zero-order valence-corrected chi connectivity index (χ0v) is 15.7. The predicted molar refractivity (Wildman–Crippen MR) is 105 cm³/mol. The number of carbonyl (C=O) groups is 4. The van der Waals surface area contributed by atoms with Crippen LogP contribution in [-0.2, 0) is 14.3 Å². The van der Waals surface area contributed by atoms with E-state index in [-0.39, 0.29) is 30.2 Å². The second kappa shape index (κ2) is 11.6. The number of urea groups is 1. The monoisotopic (exact) mass is 402 g/mol. The first-order chi connectivity index (χ1) is 13.8. The highest BCUT2D eigenvalue weighted by Gasteiger charge is 2.21. The molecule has 0 saturated heterocycles. The van der Waals surface area contributed by atoms with Gasteiger partial charge in [0.1, 0.15) is 6.04 Å². The number of rotatable bonds is 8. The van der Waals surface area contributed by atoms with Crippen molar-refractivity contribution in [2.24, 2.45) is 16.5 Å². The van der Waals surface area contributed by atoms with Gasteiger partial charge in [0.25, 0.3) is 5.91 Å². The topological polar surface area (TPSA) is 178 Å². The Bertz CT molecular complexity index is 845. The summed E-state index contributed by atoms with van der Waals surface area (Å²) < 4.78 is 4.83. The summed E-state index contributed by atoms with van der Waals surface area (Å²) in [5.74, 6) is 0.198. The summed E-state index contributed by atoms with van der Waals surface area (Å²) in [6, 6.07) is 4.09. The first-order valence-corrected chi connectivity index (χ1v) is 8.45. The van der Waals surface area contributed by atoms with Gasteiger partial charge in [-0.2, -0.15) is 0 Å². The van der Waals surface area contributed by atoms with Gasteiger partial charge in [-0.3, -0.25) is 14.9 Å². The number of hydrogen-bond acceptors (Lipinski definition) is 6. The minimum atomic E-state index is -0.997. The summed E-state index contributed by atoms with van der Waals surface area (Å²) in [5, 5.41) is 6.90. The smallest absolute Gasteiger partial charge is 0.329 e.